The Kier molecular flexibility index (Phi) is 4.69. The summed E-state index contributed by atoms with van der Waals surface area (Å²) in [6.45, 7) is 0.604. The van der Waals surface area contributed by atoms with Gasteiger partial charge in [-0.1, -0.05) is 12.1 Å². The maximum atomic E-state index is 14.0. The van der Waals surface area contributed by atoms with Crippen LogP contribution in [0.15, 0.2) is 42.5 Å². The topological polar surface area (TPSA) is 38.8 Å². The summed E-state index contributed by atoms with van der Waals surface area (Å²) in [7, 11) is 3.19. The van der Waals surface area contributed by atoms with E-state index in [1.807, 2.05) is 12.1 Å². The number of amides is 1. The molecule has 0 aliphatic carbocycles. The second-order valence-electron chi connectivity index (χ2n) is 5.74. The van der Waals surface area contributed by atoms with E-state index in [0.29, 0.717) is 18.0 Å². The van der Waals surface area contributed by atoms with Gasteiger partial charge in [0.15, 0.2) is 0 Å². The molecule has 3 rings (SSSR count). The zero-order valence-corrected chi connectivity index (χ0v) is 13.8. The molecule has 0 N–H and O–H groups in total. The molecule has 4 nitrogen and oxygen atoms in total. The number of likely N-dealkylation sites (tertiary alicyclic amines) is 1. The maximum Gasteiger partial charge on any atom is 0.257 e. The van der Waals surface area contributed by atoms with Crippen LogP contribution in [-0.2, 0) is 0 Å². The Morgan fingerprint density at radius 3 is 2.67 bits per heavy atom. The number of hydrogen-bond acceptors (Lipinski definition) is 3. The van der Waals surface area contributed by atoms with Crippen molar-refractivity contribution < 1.29 is 18.7 Å². The molecule has 0 spiro atoms. The molecule has 126 valence electrons. The second-order valence-corrected chi connectivity index (χ2v) is 5.74. The lowest BCUT2D eigenvalue weighted by molar-refractivity contribution is 0.0729. The fourth-order valence-corrected chi connectivity index (χ4v) is 3.22. The number of hydrogen-bond donors (Lipinski definition) is 0. The molecule has 1 fully saturated rings. The van der Waals surface area contributed by atoms with Crippen LogP contribution in [0.5, 0.6) is 11.5 Å². The summed E-state index contributed by atoms with van der Waals surface area (Å²) in [6, 6.07) is 11.5. The van der Waals surface area contributed by atoms with Crippen LogP contribution in [0.1, 0.15) is 34.8 Å². The molecule has 2 aromatic rings. The molecule has 5 heteroatoms. The van der Waals surface area contributed by atoms with Gasteiger partial charge in [-0.15, -0.1) is 0 Å². The average molecular weight is 329 g/mol. The quantitative estimate of drug-likeness (QED) is 0.856. The van der Waals surface area contributed by atoms with Crippen molar-refractivity contribution in [1.82, 2.24) is 4.90 Å². The molecule has 1 amide bonds. The Hall–Kier alpha value is -2.56. The predicted molar refractivity (Wildman–Crippen MR) is 89.0 cm³/mol. The third-order valence-corrected chi connectivity index (χ3v) is 4.42. The molecule has 1 atom stereocenters. The summed E-state index contributed by atoms with van der Waals surface area (Å²) in [5, 5.41) is 0. The predicted octanol–water partition coefficient (Wildman–Crippen LogP) is 3.82. The first kappa shape index (κ1) is 16.3. The molecule has 1 saturated heterocycles. The van der Waals surface area contributed by atoms with Gasteiger partial charge < -0.3 is 14.4 Å². The monoisotopic (exact) mass is 329 g/mol. The van der Waals surface area contributed by atoms with Gasteiger partial charge in [-0.05, 0) is 37.1 Å². The van der Waals surface area contributed by atoms with E-state index in [1.165, 1.54) is 12.1 Å². The molecule has 0 saturated carbocycles. The Morgan fingerprint density at radius 2 is 1.96 bits per heavy atom. The molecule has 0 unspecified atom stereocenters. The highest BCUT2D eigenvalue weighted by atomic mass is 19.1. The summed E-state index contributed by atoms with van der Waals surface area (Å²) in [6.07, 6.45) is 1.70. The van der Waals surface area contributed by atoms with E-state index in [9.17, 15) is 9.18 Å². The number of rotatable bonds is 4. The standard InChI is InChI=1S/C19H20FNO3/c1-23-13-9-10-15(18(12-13)24-2)17-8-5-11-21(17)19(22)14-6-3-4-7-16(14)20/h3-4,6-7,9-10,12,17H,5,8,11H2,1-2H3/t17-/m1/s1. The van der Waals surface area contributed by atoms with Crippen LogP contribution >= 0.6 is 0 Å². The van der Waals surface area contributed by atoms with Crippen molar-refractivity contribution in [2.24, 2.45) is 0 Å². The molecule has 1 aliphatic rings. The van der Waals surface area contributed by atoms with E-state index in [0.717, 1.165) is 18.4 Å². The van der Waals surface area contributed by atoms with Gasteiger partial charge in [0.1, 0.15) is 17.3 Å². The molecule has 0 bridgehead atoms. The molecule has 2 aromatic carbocycles. The van der Waals surface area contributed by atoms with E-state index in [2.05, 4.69) is 0 Å². The van der Waals surface area contributed by atoms with Gasteiger partial charge in [-0.25, -0.2) is 4.39 Å². The number of ether oxygens (including phenoxy) is 2. The van der Waals surface area contributed by atoms with Gasteiger partial charge in [0, 0.05) is 18.2 Å². The molecule has 0 radical (unpaired) electrons. The third kappa shape index (κ3) is 2.94. The normalized spacial score (nSPS) is 17.0. The summed E-state index contributed by atoms with van der Waals surface area (Å²) >= 11 is 0. The van der Waals surface area contributed by atoms with Crippen LogP contribution in [0.3, 0.4) is 0 Å². The number of nitrogens with zero attached hydrogens (tertiary/aromatic N) is 1. The van der Waals surface area contributed by atoms with Crippen molar-refractivity contribution in [3.05, 3.63) is 59.4 Å². The highest BCUT2D eigenvalue weighted by Crippen LogP contribution is 2.39. The molecule has 0 aromatic heterocycles. The lowest BCUT2D eigenvalue weighted by Crippen LogP contribution is -2.31. The fourth-order valence-electron chi connectivity index (χ4n) is 3.22. The maximum absolute atomic E-state index is 14.0. The number of halogens is 1. The van der Waals surface area contributed by atoms with Crippen LogP contribution in [0.25, 0.3) is 0 Å². The van der Waals surface area contributed by atoms with Crippen LogP contribution in [0.4, 0.5) is 4.39 Å². The minimum atomic E-state index is -0.491. The van der Waals surface area contributed by atoms with Gasteiger partial charge in [0.2, 0.25) is 0 Å². The van der Waals surface area contributed by atoms with Crippen molar-refractivity contribution in [2.45, 2.75) is 18.9 Å². The van der Waals surface area contributed by atoms with Crippen molar-refractivity contribution in [2.75, 3.05) is 20.8 Å². The number of carbonyl (C=O) groups is 1. The zero-order valence-electron chi connectivity index (χ0n) is 13.8. The van der Waals surface area contributed by atoms with Gasteiger partial charge >= 0.3 is 0 Å². The van der Waals surface area contributed by atoms with Crippen molar-refractivity contribution in [1.29, 1.82) is 0 Å². The zero-order chi connectivity index (χ0) is 17.1. The smallest absolute Gasteiger partial charge is 0.257 e. The third-order valence-electron chi connectivity index (χ3n) is 4.42. The first-order chi connectivity index (χ1) is 11.7. The minimum absolute atomic E-state index is 0.108. The summed E-state index contributed by atoms with van der Waals surface area (Å²) < 4.78 is 24.7. The Labute approximate surface area is 140 Å². The number of methoxy groups -OCH3 is 2. The molecular weight excluding hydrogens is 309 g/mol. The van der Waals surface area contributed by atoms with E-state index in [4.69, 9.17) is 9.47 Å². The van der Waals surface area contributed by atoms with Crippen molar-refractivity contribution in [3.8, 4) is 11.5 Å². The SMILES string of the molecule is COc1ccc([C@H]2CCCN2C(=O)c2ccccc2F)c(OC)c1. The Bertz CT molecular complexity index is 747. The van der Waals surface area contributed by atoms with Crippen molar-refractivity contribution in [3.63, 3.8) is 0 Å². The average Bonchev–Trinajstić information content (AvgIpc) is 3.10. The Balaban J connectivity index is 1.94. The number of benzene rings is 2. The van der Waals surface area contributed by atoms with E-state index in [-0.39, 0.29) is 17.5 Å². The van der Waals surface area contributed by atoms with E-state index in [1.54, 1.807) is 37.3 Å². The van der Waals surface area contributed by atoms with Gasteiger partial charge in [-0.2, -0.15) is 0 Å². The summed E-state index contributed by atoms with van der Waals surface area (Å²) in [5.74, 6) is 0.594. The number of carbonyl (C=O) groups excluding carboxylic acids is 1. The molecule has 1 heterocycles. The van der Waals surface area contributed by atoms with Crippen LogP contribution in [0.2, 0.25) is 0 Å². The summed E-state index contributed by atoms with van der Waals surface area (Å²) in [4.78, 5) is 14.5. The van der Waals surface area contributed by atoms with Crippen LogP contribution in [-0.4, -0.2) is 31.6 Å². The van der Waals surface area contributed by atoms with E-state index >= 15 is 0 Å². The lowest BCUT2D eigenvalue weighted by atomic mass is 10.0. The van der Waals surface area contributed by atoms with Gasteiger partial charge in [0.25, 0.3) is 5.91 Å². The van der Waals surface area contributed by atoms with Crippen LogP contribution < -0.4 is 9.47 Å². The van der Waals surface area contributed by atoms with Gasteiger partial charge in [-0.3, -0.25) is 4.79 Å². The first-order valence-corrected chi connectivity index (χ1v) is 7.93. The van der Waals surface area contributed by atoms with Crippen LogP contribution in [0, 0.1) is 5.82 Å². The minimum Gasteiger partial charge on any atom is -0.497 e. The van der Waals surface area contributed by atoms with Gasteiger partial charge in [0.05, 0.1) is 25.8 Å². The first-order valence-electron chi connectivity index (χ1n) is 7.93. The second kappa shape index (κ2) is 6.91. The van der Waals surface area contributed by atoms with Crippen molar-refractivity contribution >= 4 is 5.91 Å². The lowest BCUT2D eigenvalue weighted by Gasteiger charge is -2.26. The highest BCUT2D eigenvalue weighted by Gasteiger charge is 2.33. The molecule has 1 aliphatic heterocycles. The fraction of sp³-hybridized carbons (Fsp3) is 0.316. The molecule has 24 heavy (non-hydrogen) atoms. The van der Waals surface area contributed by atoms with E-state index < -0.39 is 5.82 Å². The summed E-state index contributed by atoms with van der Waals surface area (Å²) in [5.41, 5.74) is 1.03. The molecular formula is C19H20FNO3. The Morgan fingerprint density at radius 1 is 1.17 bits per heavy atom. The largest absolute Gasteiger partial charge is 0.497 e. The highest BCUT2D eigenvalue weighted by molar-refractivity contribution is 5.95.